The minimum absolute atomic E-state index is 0.0198. The molecule has 1 saturated carbocycles. The van der Waals surface area contributed by atoms with Crippen LogP contribution in [0.2, 0.25) is 0 Å². The molecule has 4 heterocycles. The highest BCUT2D eigenvalue weighted by atomic mass is 19.4. The molecule has 2 amide bonds. The third-order valence-electron chi connectivity index (χ3n) is 10.1. The molecule has 8 nitrogen and oxygen atoms in total. The molecule has 234 valence electrons. The third-order valence-corrected chi connectivity index (χ3v) is 10.1. The summed E-state index contributed by atoms with van der Waals surface area (Å²) >= 11 is 0. The van der Waals surface area contributed by atoms with Crippen molar-refractivity contribution in [2.24, 2.45) is 24.8 Å². The molecule has 11 heteroatoms. The third kappa shape index (κ3) is 4.99. The highest BCUT2D eigenvalue weighted by Crippen LogP contribution is 2.52. The van der Waals surface area contributed by atoms with Crippen molar-refractivity contribution >= 4 is 17.5 Å². The van der Waals surface area contributed by atoms with Gasteiger partial charge in [0, 0.05) is 51.0 Å². The van der Waals surface area contributed by atoms with Crippen LogP contribution in [0.3, 0.4) is 0 Å². The number of halogens is 3. The van der Waals surface area contributed by atoms with Crippen molar-refractivity contribution in [3.05, 3.63) is 76.4 Å². The Morgan fingerprint density at radius 2 is 1.82 bits per heavy atom. The van der Waals surface area contributed by atoms with Gasteiger partial charge in [-0.25, -0.2) is 0 Å². The number of alkyl halides is 3. The maximum atomic E-state index is 14.5. The zero-order valence-electron chi connectivity index (χ0n) is 25.6. The van der Waals surface area contributed by atoms with Crippen molar-refractivity contribution in [2.75, 3.05) is 31.1 Å². The van der Waals surface area contributed by atoms with Gasteiger partial charge in [-0.3, -0.25) is 14.5 Å². The Hall–Kier alpha value is -4.17. The number of carbonyl (C=O) groups excluding carboxylic acids is 2. The molecular formula is C34H35F3N6O2. The Bertz CT molecular complexity index is 1730. The first-order valence-corrected chi connectivity index (χ1v) is 15.4. The van der Waals surface area contributed by atoms with Crippen LogP contribution in [-0.2, 0) is 36.5 Å². The predicted molar refractivity (Wildman–Crippen MR) is 161 cm³/mol. The molecule has 4 aliphatic rings. The van der Waals surface area contributed by atoms with Crippen molar-refractivity contribution in [3.63, 3.8) is 0 Å². The van der Waals surface area contributed by atoms with Crippen LogP contribution < -0.4 is 4.90 Å². The van der Waals surface area contributed by atoms with Gasteiger partial charge in [-0.1, -0.05) is 25.0 Å². The highest BCUT2D eigenvalue weighted by Gasteiger charge is 2.49. The second kappa shape index (κ2) is 10.7. The second-order valence-corrected chi connectivity index (χ2v) is 13.3. The van der Waals surface area contributed by atoms with Crippen LogP contribution in [0.4, 0.5) is 18.9 Å². The first-order chi connectivity index (χ1) is 21.5. The van der Waals surface area contributed by atoms with E-state index in [-0.39, 0.29) is 40.8 Å². The van der Waals surface area contributed by atoms with Gasteiger partial charge in [0.25, 0.3) is 11.8 Å². The Labute approximate surface area is 260 Å². The zero-order chi connectivity index (χ0) is 31.7. The van der Waals surface area contributed by atoms with Gasteiger partial charge in [-0.15, -0.1) is 10.2 Å². The van der Waals surface area contributed by atoms with E-state index in [4.69, 9.17) is 0 Å². The number of aromatic nitrogens is 3. The van der Waals surface area contributed by atoms with Crippen molar-refractivity contribution < 1.29 is 22.8 Å². The molecule has 2 atom stereocenters. The Morgan fingerprint density at radius 3 is 2.44 bits per heavy atom. The molecule has 1 aromatic heterocycles. The molecule has 0 unspecified atom stereocenters. The molecular weight excluding hydrogens is 581 g/mol. The number of anilines is 1. The number of fused-ring (bicyclic) bond motifs is 2. The maximum absolute atomic E-state index is 14.5. The number of carbonyl (C=O) groups is 2. The van der Waals surface area contributed by atoms with Gasteiger partial charge >= 0.3 is 6.18 Å². The van der Waals surface area contributed by atoms with Gasteiger partial charge in [0.05, 0.1) is 17.5 Å². The minimum Gasteiger partial charge on any atom is -0.331 e. The summed E-state index contributed by atoms with van der Waals surface area (Å²) in [6.45, 7) is 6.58. The van der Waals surface area contributed by atoms with Gasteiger partial charge < -0.3 is 14.4 Å². The van der Waals surface area contributed by atoms with Crippen molar-refractivity contribution in [1.82, 2.24) is 24.6 Å². The summed E-state index contributed by atoms with van der Waals surface area (Å²) in [6, 6.07) is 10.5. The van der Waals surface area contributed by atoms with Crippen LogP contribution in [-0.4, -0.2) is 62.6 Å². The quantitative estimate of drug-likeness (QED) is 0.391. The standard InChI is InChI=1S/C34H35F3N6O2/c1-4-6-30(44)42-17-23-15-41(16-24(23)18-42)14-22-9-27-28(29(10-22)34(35,36)37)19-43(31(27)45)26-8-5-7-25(11-26)33(12-21(2)13-33)32-39-38-20-40(32)3/h5,7-11,20-21,23-24H,12-19H2,1-3H3/t21?,23-,24+,33?. The van der Waals surface area contributed by atoms with E-state index in [0.29, 0.717) is 49.9 Å². The average Bonchev–Trinajstić information content (AvgIpc) is 3.74. The van der Waals surface area contributed by atoms with Crippen LogP contribution in [0.15, 0.2) is 42.7 Å². The first-order valence-electron chi connectivity index (χ1n) is 15.4. The lowest BCUT2D eigenvalue weighted by Crippen LogP contribution is -2.43. The first kappa shape index (κ1) is 29.5. The lowest BCUT2D eigenvalue weighted by atomic mass is 9.58. The summed E-state index contributed by atoms with van der Waals surface area (Å²) in [7, 11) is 1.91. The van der Waals surface area contributed by atoms with E-state index in [0.717, 1.165) is 24.2 Å². The molecule has 3 aliphatic heterocycles. The van der Waals surface area contributed by atoms with Crippen molar-refractivity contribution in [3.8, 4) is 11.8 Å². The SMILES string of the molecule is CC#CC(=O)N1C[C@H]2CN(Cc3cc4c(c(C(F)(F)F)c3)CN(c3cccc(C5(c6nncn6C)CC(C)C5)c3)C4=O)C[C@H]2C1. The zero-order valence-corrected chi connectivity index (χ0v) is 25.6. The number of benzene rings is 2. The highest BCUT2D eigenvalue weighted by molar-refractivity contribution is 6.10. The van der Waals surface area contributed by atoms with E-state index >= 15 is 0 Å². The van der Waals surface area contributed by atoms with Crippen LogP contribution in [0.5, 0.6) is 0 Å². The van der Waals surface area contributed by atoms with Crippen LogP contribution in [0.1, 0.15) is 65.1 Å². The Balaban J connectivity index is 1.14. The normalized spacial score (nSPS) is 26.0. The number of hydrogen-bond acceptors (Lipinski definition) is 5. The van der Waals surface area contributed by atoms with Gasteiger partial charge in [-0.05, 0) is 84.4 Å². The van der Waals surface area contributed by atoms with Crippen LogP contribution in [0, 0.1) is 29.6 Å². The lowest BCUT2D eigenvalue weighted by Gasteiger charge is -2.46. The van der Waals surface area contributed by atoms with E-state index in [9.17, 15) is 22.8 Å². The molecule has 2 aromatic carbocycles. The van der Waals surface area contributed by atoms with E-state index in [1.807, 2.05) is 29.8 Å². The van der Waals surface area contributed by atoms with E-state index in [1.54, 1.807) is 30.3 Å². The van der Waals surface area contributed by atoms with E-state index < -0.39 is 17.6 Å². The molecule has 7 rings (SSSR count). The summed E-state index contributed by atoms with van der Waals surface area (Å²) in [5.41, 5.74) is 1.05. The number of aryl methyl sites for hydroxylation is 1. The molecule has 45 heavy (non-hydrogen) atoms. The molecule has 0 spiro atoms. The molecule has 1 aliphatic carbocycles. The second-order valence-electron chi connectivity index (χ2n) is 13.3. The molecule has 2 saturated heterocycles. The fraction of sp³-hybridized carbons (Fsp3) is 0.471. The topological polar surface area (TPSA) is 74.6 Å². The molecule has 0 bridgehead atoms. The molecule has 0 radical (unpaired) electrons. The number of amides is 2. The maximum Gasteiger partial charge on any atom is 0.416 e. The van der Waals surface area contributed by atoms with Gasteiger partial charge in [-0.2, -0.15) is 13.2 Å². The number of hydrogen-bond donors (Lipinski definition) is 0. The minimum atomic E-state index is -4.60. The average molecular weight is 617 g/mol. The van der Waals surface area contributed by atoms with E-state index in [2.05, 4.69) is 33.9 Å². The monoisotopic (exact) mass is 616 g/mol. The summed E-state index contributed by atoms with van der Waals surface area (Å²) in [4.78, 5) is 31.4. The van der Waals surface area contributed by atoms with E-state index in [1.165, 1.54) is 11.0 Å². The Kier molecular flexibility index (Phi) is 7.04. The number of nitrogens with zero attached hydrogens (tertiary/aromatic N) is 6. The van der Waals surface area contributed by atoms with Crippen molar-refractivity contribution in [1.29, 1.82) is 0 Å². The smallest absolute Gasteiger partial charge is 0.331 e. The lowest BCUT2D eigenvalue weighted by molar-refractivity contribution is -0.138. The fourth-order valence-corrected chi connectivity index (χ4v) is 8.22. The Morgan fingerprint density at radius 1 is 1.09 bits per heavy atom. The summed E-state index contributed by atoms with van der Waals surface area (Å²) in [5, 5.41) is 8.49. The predicted octanol–water partition coefficient (Wildman–Crippen LogP) is 4.62. The van der Waals surface area contributed by atoms with Crippen LogP contribution >= 0.6 is 0 Å². The van der Waals surface area contributed by atoms with Crippen molar-refractivity contribution in [2.45, 2.75) is 51.4 Å². The van der Waals surface area contributed by atoms with Gasteiger partial charge in [0.15, 0.2) is 0 Å². The number of rotatable bonds is 5. The van der Waals surface area contributed by atoms with Crippen LogP contribution in [0.25, 0.3) is 0 Å². The number of likely N-dealkylation sites (tertiary alicyclic amines) is 2. The van der Waals surface area contributed by atoms with Gasteiger partial charge in [0.2, 0.25) is 0 Å². The summed E-state index contributed by atoms with van der Waals surface area (Å²) in [6.07, 6.45) is -1.18. The molecule has 3 aromatic rings. The largest absolute Gasteiger partial charge is 0.416 e. The fourth-order valence-electron chi connectivity index (χ4n) is 8.22. The summed E-state index contributed by atoms with van der Waals surface area (Å²) < 4.78 is 45.3. The molecule has 0 N–H and O–H groups in total. The summed E-state index contributed by atoms with van der Waals surface area (Å²) in [5.74, 6) is 6.50. The van der Waals surface area contributed by atoms with Gasteiger partial charge in [0.1, 0.15) is 12.2 Å². The molecule has 3 fully saturated rings.